The van der Waals surface area contributed by atoms with Crippen LogP contribution in [0.1, 0.15) is 11.8 Å². The highest BCUT2D eigenvalue weighted by molar-refractivity contribution is 7.67. The van der Waals surface area contributed by atoms with Crippen molar-refractivity contribution in [1.82, 2.24) is 24.6 Å². The highest BCUT2D eigenvalue weighted by Crippen LogP contribution is 2.66. The Kier molecular flexibility index (Phi) is 10.6. The number of nitrogen functional groups attached to an aromatic ring is 1. The monoisotopic (exact) mass is 687 g/mol. The summed E-state index contributed by atoms with van der Waals surface area (Å²) in [5.41, 5.74) is 7.42. The van der Waals surface area contributed by atoms with Gasteiger partial charge in [-0.05, 0) is 17.7 Å². The number of hydrogen-bond donors (Lipinski definition) is 7. The van der Waals surface area contributed by atoms with E-state index in [0.29, 0.717) is 18.0 Å². The second kappa shape index (κ2) is 13.5. The Bertz CT molecular complexity index is 1570. The smallest absolute Gasteiger partial charge is 0.387 e. The average molecular weight is 688 g/mol. The minimum absolute atomic E-state index is 0.0499. The number of rotatable bonds is 14. The summed E-state index contributed by atoms with van der Waals surface area (Å²) in [5.74, 6) is 0.463. The van der Waals surface area contributed by atoms with Crippen molar-refractivity contribution in [2.45, 2.75) is 31.1 Å². The van der Waals surface area contributed by atoms with Crippen LogP contribution < -0.4 is 15.7 Å². The lowest BCUT2D eigenvalue weighted by Crippen LogP contribution is -2.33. The van der Waals surface area contributed by atoms with Crippen LogP contribution in [0, 0.1) is 0 Å². The van der Waals surface area contributed by atoms with Gasteiger partial charge in [0.1, 0.15) is 30.2 Å². The van der Waals surface area contributed by atoms with Gasteiger partial charge in [0.25, 0.3) is 0 Å². The molecule has 7 atom stereocenters. The lowest BCUT2D eigenvalue weighted by Gasteiger charge is -2.21. The first-order valence-electron chi connectivity index (χ1n) is 12.2. The van der Waals surface area contributed by atoms with Crippen molar-refractivity contribution >= 4 is 57.7 Å². The lowest BCUT2D eigenvalue weighted by molar-refractivity contribution is -0.0503. The number of ether oxygens (including phenoxy) is 1. The average Bonchev–Trinajstić information content (AvgIpc) is 3.47. The number of alkyl halides is 1. The van der Waals surface area contributed by atoms with Gasteiger partial charge in [0.05, 0.1) is 12.9 Å². The Morgan fingerprint density at radius 2 is 1.77 bits per heavy atom. The number of nitrogens with two attached hydrogens (primary N) is 1. The fourth-order valence-electron chi connectivity index (χ4n) is 3.97. The van der Waals surface area contributed by atoms with Gasteiger partial charge in [-0.25, -0.2) is 33.7 Å². The predicted molar refractivity (Wildman–Crippen MR) is 151 cm³/mol. The summed E-state index contributed by atoms with van der Waals surface area (Å²) in [5, 5.41) is 22.9. The third-order valence-corrected chi connectivity index (χ3v) is 10.7. The molecule has 19 nitrogen and oxygen atoms in total. The summed E-state index contributed by atoms with van der Waals surface area (Å²) in [6.45, 7) is -0.627. The first-order chi connectivity index (χ1) is 20.1. The molecule has 0 radical (unpaired) electrons. The van der Waals surface area contributed by atoms with Crippen molar-refractivity contribution in [3.05, 3.63) is 42.5 Å². The van der Waals surface area contributed by atoms with E-state index in [1.165, 1.54) is 10.9 Å². The quantitative estimate of drug-likeness (QED) is 0.0913. The van der Waals surface area contributed by atoms with Gasteiger partial charge in [-0.15, -0.1) is 11.6 Å². The second-order valence-electron chi connectivity index (χ2n) is 9.16. The van der Waals surface area contributed by atoms with E-state index in [1.807, 2.05) is 17.0 Å². The van der Waals surface area contributed by atoms with Crippen molar-refractivity contribution in [1.29, 1.82) is 0 Å². The molecule has 4 rings (SSSR count). The van der Waals surface area contributed by atoms with Gasteiger partial charge in [-0.3, -0.25) is 9.09 Å². The summed E-state index contributed by atoms with van der Waals surface area (Å²) in [7, 11) is -14.4. The zero-order chi connectivity index (χ0) is 31.6. The molecule has 8 N–H and O–H groups in total. The minimum atomic E-state index is -5.68. The molecule has 1 saturated heterocycles. The summed E-state index contributed by atoms with van der Waals surface area (Å²) in [6.07, 6.45) is -3.64. The first-order valence-corrected chi connectivity index (χ1v) is 17.3. The van der Waals surface area contributed by atoms with Crippen molar-refractivity contribution in [3.63, 3.8) is 0 Å². The van der Waals surface area contributed by atoms with Crippen LogP contribution in [0.5, 0.6) is 0 Å². The maximum atomic E-state index is 12.3. The van der Waals surface area contributed by atoms with E-state index < -0.39 is 54.5 Å². The maximum Gasteiger partial charge on any atom is 0.489 e. The first kappa shape index (κ1) is 33.8. The molecule has 1 aliphatic heterocycles. The fraction of sp³-hybridized carbons (Fsp3) is 0.450. The molecule has 0 aliphatic carbocycles. The lowest BCUT2D eigenvalue weighted by atomic mass is 10.1. The summed E-state index contributed by atoms with van der Waals surface area (Å²) >= 11 is 5.72. The molecule has 1 aromatic carbocycles. The van der Waals surface area contributed by atoms with Gasteiger partial charge in [0.2, 0.25) is 0 Å². The number of halogens is 1. The third kappa shape index (κ3) is 8.57. The van der Waals surface area contributed by atoms with Crippen LogP contribution in [-0.4, -0.2) is 88.8 Å². The molecule has 43 heavy (non-hydrogen) atoms. The molecule has 0 saturated carbocycles. The number of fused-ring (bicyclic) bond motifs is 1. The number of anilines is 2. The van der Waals surface area contributed by atoms with E-state index in [9.17, 15) is 38.6 Å². The molecule has 0 spiro atoms. The highest BCUT2D eigenvalue weighted by atomic mass is 35.5. The number of aliphatic hydroxyl groups is 2. The number of phosphoric acid groups is 2. The summed E-state index contributed by atoms with van der Waals surface area (Å²) in [4.78, 5) is 43.5. The van der Waals surface area contributed by atoms with Crippen molar-refractivity contribution < 1.29 is 56.5 Å². The van der Waals surface area contributed by atoms with Crippen LogP contribution >= 0.6 is 35.0 Å². The molecular weight excluding hydrogens is 659 g/mol. The predicted octanol–water partition coefficient (Wildman–Crippen LogP) is 0.843. The van der Waals surface area contributed by atoms with E-state index in [0.717, 1.165) is 12.0 Å². The Morgan fingerprint density at radius 3 is 2.44 bits per heavy atom. The molecule has 1 aliphatic rings. The van der Waals surface area contributed by atoms with Crippen LogP contribution in [0.2, 0.25) is 0 Å². The summed E-state index contributed by atoms with van der Waals surface area (Å²) in [6, 6.07) is 6.69. The number of phosphoric ester groups is 1. The number of nitrogens with zero attached hydrogens (tertiary/aromatic N) is 5. The molecule has 3 unspecified atom stereocenters. The molecular formula is C20H29ClN7O12P3. The zero-order valence-corrected chi connectivity index (χ0v) is 25.7. The third-order valence-electron chi connectivity index (χ3n) is 6.10. The van der Waals surface area contributed by atoms with Gasteiger partial charge in [0.15, 0.2) is 17.7 Å². The van der Waals surface area contributed by atoms with Crippen LogP contribution in [0.15, 0.2) is 36.9 Å². The molecule has 0 bridgehead atoms. The molecule has 2 aromatic heterocycles. The molecule has 3 aromatic rings. The normalized spacial score (nSPS) is 24.8. The standard InChI is InChI=1S/C20H29ClN7O12P3/c1-27(7-6-21)13-4-2-12(3-5-13)8-26-41(31,32)39-43(35,36)40-42(33,34)37-9-14-16(29)17(30)20(38-14)28-11-25-15-18(22)23-10-24-19(15)28/h2-5,10-11,14,16-17,20,29-30H,6-9H2,1H3,(H,33,34)(H,35,36)(H2,22,23,24)(H2,26,31,32)/t14-,16-,17-,20-/m1/s1. The molecule has 238 valence electrons. The van der Waals surface area contributed by atoms with Crippen molar-refractivity contribution in [3.8, 4) is 0 Å². The van der Waals surface area contributed by atoms with Crippen LogP contribution in [-0.2, 0) is 38.1 Å². The zero-order valence-electron chi connectivity index (χ0n) is 22.2. The molecule has 23 heteroatoms. The fourth-order valence-corrected chi connectivity index (χ4v) is 7.91. The number of aliphatic hydroxyl groups excluding tert-OH is 2. The SMILES string of the molecule is CN(CCCl)c1ccc(CNP(=O)(O)OP(=O)(O)OP(=O)(O)OC[C@H]2O[C@@H](n3cnc4c(N)ncnc43)[C@H](O)[C@@H]2O)cc1. The minimum Gasteiger partial charge on any atom is -0.387 e. The van der Waals surface area contributed by atoms with Gasteiger partial charge >= 0.3 is 23.4 Å². The number of aromatic nitrogens is 4. The topological polar surface area (TPSA) is 274 Å². The maximum absolute atomic E-state index is 12.3. The van der Waals surface area contributed by atoms with Crippen LogP contribution in [0.4, 0.5) is 11.5 Å². The van der Waals surface area contributed by atoms with E-state index in [1.54, 1.807) is 24.3 Å². The molecule has 3 heterocycles. The van der Waals surface area contributed by atoms with Crippen molar-refractivity contribution in [2.24, 2.45) is 0 Å². The highest BCUT2D eigenvalue weighted by Gasteiger charge is 2.47. The van der Waals surface area contributed by atoms with Gasteiger partial charge in [0, 0.05) is 31.7 Å². The van der Waals surface area contributed by atoms with E-state index in [2.05, 4.69) is 28.1 Å². The number of benzene rings is 1. The van der Waals surface area contributed by atoms with E-state index >= 15 is 0 Å². The summed E-state index contributed by atoms with van der Waals surface area (Å²) < 4.78 is 56.7. The van der Waals surface area contributed by atoms with Gasteiger partial charge in [-0.1, -0.05) is 12.1 Å². The van der Waals surface area contributed by atoms with Crippen molar-refractivity contribution in [2.75, 3.05) is 36.7 Å². The van der Waals surface area contributed by atoms with Crippen LogP contribution in [0.25, 0.3) is 11.2 Å². The van der Waals surface area contributed by atoms with E-state index in [4.69, 9.17) is 22.1 Å². The van der Waals surface area contributed by atoms with Gasteiger partial charge in [-0.2, -0.15) is 8.62 Å². The largest absolute Gasteiger partial charge is 0.489 e. The molecule has 1 fully saturated rings. The number of hydrogen-bond acceptors (Lipinski definition) is 14. The Morgan fingerprint density at radius 1 is 1.07 bits per heavy atom. The van der Waals surface area contributed by atoms with Crippen LogP contribution in [0.3, 0.4) is 0 Å². The number of nitrogens with one attached hydrogen (secondary N) is 1. The number of imidazole rings is 1. The Balaban J connectivity index is 1.31. The molecule has 0 amide bonds. The Labute approximate surface area is 249 Å². The van der Waals surface area contributed by atoms with E-state index in [-0.39, 0.29) is 23.5 Å². The van der Waals surface area contributed by atoms with Gasteiger partial charge < -0.3 is 40.3 Å². The second-order valence-corrected chi connectivity index (χ2v) is 14.3. The Hall–Kier alpha value is -2.05.